The lowest BCUT2D eigenvalue weighted by molar-refractivity contribution is -0.309. The molecule has 15 heteroatoms. The topological polar surface area (TPSA) is 230 Å². The van der Waals surface area contributed by atoms with E-state index in [1.807, 2.05) is 20.8 Å². The highest BCUT2D eigenvalue weighted by Crippen LogP contribution is 2.69. The number of rotatable bonds is 8. The molecule has 2 saturated heterocycles. The van der Waals surface area contributed by atoms with Gasteiger partial charge in [-0.3, -0.25) is 4.55 Å². The fraction of sp³-hybridized carbons (Fsp3) is 0.912. The highest BCUT2D eigenvalue weighted by molar-refractivity contribution is 7.80. The minimum absolute atomic E-state index is 0.000452. The molecule has 0 amide bonds. The fourth-order valence-corrected chi connectivity index (χ4v) is 11.5. The minimum atomic E-state index is -4.87. The van der Waals surface area contributed by atoms with Crippen molar-refractivity contribution < 1.29 is 66.8 Å². The van der Waals surface area contributed by atoms with Crippen molar-refractivity contribution in [1.82, 2.24) is 0 Å². The lowest BCUT2D eigenvalue weighted by atomic mass is 9.47. The zero-order chi connectivity index (χ0) is 36.2. The quantitative estimate of drug-likeness (QED) is 0.107. The summed E-state index contributed by atoms with van der Waals surface area (Å²) in [5, 5.41) is 63.7. The van der Waals surface area contributed by atoms with Crippen LogP contribution in [0.1, 0.15) is 80.1 Å². The van der Waals surface area contributed by atoms with Crippen LogP contribution in [-0.2, 0) is 33.6 Å². The van der Waals surface area contributed by atoms with E-state index in [0.29, 0.717) is 25.7 Å². The number of ether oxygens (including phenoxy) is 3. The Kier molecular flexibility index (Phi) is 9.73. The molecule has 2 aliphatic heterocycles. The van der Waals surface area contributed by atoms with Crippen molar-refractivity contribution >= 4 is 16.4 Å². The maximum absolute atomic E-state index is 12.2. The number of hydrogen-bond acceptors (Lipinski definition) is 12. The summed E-state index contributed by atoms with van der Waals surface area (Å²) < 4.78 is 57.7. The summed E-state index contributed by atoms with van der Waals surface area (Å²) in [5.41, 5.74) is -1.14. The molecule has 0 aromatic heterocycles. The van der Waals surface area contributed by atoms with Gasteiger partial charge in [0.2, 0.25) is 0 Å². The molecule has 2 heterocycles. The Morgan fingerprint density at radius 3 is 2.29 bits per heavy atom. The van der Waals surface area contributed by atoms with Gasteiger partial charge in [-0.05, 0) is 85.9 Å². The Hall–Kier alpha value is -1.24. The summed E-state index contributed by atoms with van der Waals surface area (Å²) in [7, 11) is -4.87. The lowest BCUT2D eigenvalue weighted by Gasteiger charge is -2.59. The van der Waals surface area contributed by atoms with Crippen LogP contribution in [-0.4, -0.2) is 116 Å². The van der Waals surface area contributed by atoms with Crippen LogP contribution in [0.5, 0.6) is 0 Å². The van der Waals surface area contributed by atoms with Crippen LogP contribution in [0.15, 0.2) is 11.6 Å². The van der Waals surface area contributed by atoms with Gasteiger partial charge in [-0.15, -0.1) is 0 Å². The molecule has 0 radical (unpaired) electrons. The molecule has 0 aromatic rings. The van der Waals surface area contributed by atoms with E-state index in [2.05, 4.69) is 19.9 Å². The molecule has 280 valence electrons. The normalized spacial score (nSPS) is 50.9. The number of carboxylic acid groups (broad SMARTS) is 1. The number of aliphatic hydroxyl groups excluding tert-OH is 4. The summed E-state index contributed by atoms with van der Waals surface area (Å²) in [6.45, 7) is 12.0. The second kappa shape index (κ2) is 12.7. The molecule has 4 aliphatic carbocycles. The number of hydrogen-bond donors (Lipinski definition) is 7. The van der Waals surface area contributed by atoms with Crippen LogP contribution < -0.4 is 0 Å². The molecule has 14 nitrogen and oxygen atoms in total. The average Bonchev–Trinajstić information content (AvgIpc) is 3.46. The molecule has 0 bridgehead atoms. The first-order valence-corrected chi connectivity index (χ1v) is 19.0. The molecule has 5 fully saturated rings. The summed E-state index contributed by atoms with van der Waals surface area (Å²) in [5.74, 6) is -2.31. The lowest BCUT2D eigenvalue weighted by Crippen LogP contribution is -2.61. The maximum Gasteiger partial charge on any atom is 0.397 e. The highest BCUT2D eigenvalue weighted by Gasteiger charge is 2.70. The van der Waals surface area contributed by atoms with Gasteiger partial charge in [0, 0.05) is 5.92 Å². The molecule has 49 heavy (non-hydrogen) atoms. The van der Waals surface area contributed by atoms with Gasteiger partial charge in [0.15, 0.2) is 12.4 Å². The van der Waals surface area contributed by atoms with Crippen molar-refractivity contribution in [2.45, 2.75) is 147 Å². The van der Waals surface area contributed by atoms with Crippen molar-refractivity contribution in [3.63, 3.8) is 0 Å². The molecule has 3 saturated carbocycles. The average molecular weight is 719 g/mol. The Bertz CT molecular complexity index is 1420. The Morgan fingerprint density at radius 1 is 1.00 bits per heavy atom. The van der Waals surface area contributed by atoms with Crippen LogP contribution in [0.4, 0.5) is 0 Å². The predicted molar refractivity (Wildman–Crippen MR) is 171 cm³/mol. The van der Waals surface area contributed by atoms with E-state index in [-0.39, 0.29) is 48.5 Å². The van der Waals surface area contributed by atoms with Crippen molar-refractivity contribution in [1.29, 1.82) is 0 Å². The maximum atomic E-state index is 12.2. The Morgan fingerprint density at radius 2 is 1.67 bits per heavy atom. The second-order valence-electron chi connectivity index (χ2n) is 16.8. The molecule has 0 aromatic carbocycles. The van der Waals surface area contributed by atoms with E-state index in [9.17, 15) is 48.4 Å². The van der Waals surface area contributed by atoms with Crippen LogP contribution >= 0.6 is 0 Å². The third-order valence-electron chi connectivity index (χ3n) is 13.8. The van der Waals surface area contributed by atoms with Crippen LogP contribution in [0, 0.1) is 46.3 Å². The molecule has 0 spiro atoms. The Labute approximate surface area is 287 Å². The van der Waals surface area contributed by atoms with Gasteiger partial charge in [-0.25, -0.2) is 8.98 Å². The van der Waals surface area contributed by atoms with E-state index in [4.69, 9.17) is 18.4 Å². The number of allylic oxidation sites excluding steroid dienone is 2. The zero-order valence-corrected chi connectivity index (χ0v) is 29.8. The van der Waals surface area contributed by atoms with Gasteiger partial charge in [0.05, 0.1) is 30.0 Å². The van der Waals surface area contributed by atoms with Gasteiger partial charge in [-0.1, -0.05) is 46.3 Å². The van der Waals surface area contributed by atoms with Crippen molar-refractivity contribution in [3.05, 3.63) is 11.6 Å². The largest absolute Gasteiger partial charge is 0.479 e. The summed E-state index contributed by atoms with van der Waals surface area (Å²) in [4.78, 5) is 11.6. The number of carboxylic acids is 1. The van der Waals surface area contributed by atoms with E-state index in [1.54, 1.807) is 6.92 Å². The van der Waals surface area contributed by atoms with Crippen molar-refractivity contribution in [3.8, 4) is 0 Å². The third-order valence-corrected chi connectivity index (χ3v) is 14.3. The van der Waals surface area contributed by atoms with Crippen LogP contribution in [0.25, 0.3) is 0 Å². The van der Waals surface area contributed by atoms with Gasteiger partial charge >= 0.3 is 16.4 Å². The smallest absolute Gasteiger partial charge is 0.397 e. The standard InChI is InChI=1S/C34H54O14S/c1-14(2)15(3)23(35)29-34(6,41)28-22(46-29)13-19-17-12-21(48-49(42,43)44)20-11-16(7-9-32(20,4)18(17)8-10-33(19,28)5)45-31-26(38)24(36)25(37)27(47-31)30(39)40/h8,14-17,19-29,31,35-38,41H,7,9-13H2,1-6H3,(H,39,40)(H,42,43,44)/t15-,16-,17+,19-,20+,21-,22-,23-,24-,25-,26+,27-,28-,29-,31+,32+,33-,34+/m0/s1. The van der Waals surface area contributed by atoms with Gasteiger partial charge in [0.1, 0.15) is 24.4 Å². The van der Waals surface area contributed by atoms with E-state index >= 15 is 0 Å². The van der Waals surface area contributed by atoms with E-state index in [1.165, 1.54) is 0 Å². The van der Waals surface area contributed by atoms with Gasteiger partial charge in [0.25, 0.3) is 0 Å². The summed E-state index contributed by atoms with van der Waals surface area (Å²) >= 11 is 0. The molecule has 7 N–H and O–H groups in total. The van der Waals surface area contributed by atoms with Crippen molar-refractivity contribution in [2.75, 3.05) is 0 Å². The molecule has 6 aliphatic rings. The monoisotopic (exact) mass is 718 g/mol. The number of aliphatic carboxylic acids is 1. The minimum Gasteiger partial charge on any atom is -0.479 e. The highest BCUT2D eigenvalue weighted by atomic mass is 32.3. The number of aliphatic hydroxyl groups is 5. The molecular weight excluding hydrogens is 664 g/mol. The van der Waals surface area contributed by atoms with E-state index < -0.39 is 93.8 Å². The fourth-order valence-electron chi connectivity index (χ4n) is 11.0. The molecule has 6 rings (SSSR count). The summed E-state index contributed by atoms with van der Waals surface area (Å²) in [6.07, 6.45) is -7.38. The predicted octanol–water partition coefficient (Wildman–Crippen LogP) is 1.42. The van der Waals surface area contributed by atoms with Crippen molar-refractivity contribution in [2.24, 2.45) is 46.3 Å². The van der Waals surface area contributed by atoms with Crippen LogP contribution in [0.3, 0.4) is 0 Å². The third kappa shape index (κ3) is 6.12. The Balaban J connectivity index is 1.27. The summed E-state index contributed by atoms with van der Waals surface area (Å²) in [6, 6.07) is 0. The zero-order valence-electron chi connectivity index (χ0n) is 29.0. The van der Waals surface area contributed by atoms with Gasteiger partial charge in [-0.2, -0.15) is 8.42 Å². The second-order valence-corrected chi connectivity index (χ2v) is 17.8. The first-order valence-electron chi connectivity index (χ1n) is 17.6. The van der Waals surface area contributed by atoms with Gasteiger partial charge < -0.3 is 44.8 Å². The van der Waals surface area contributed by atoms with E-state index in [0.717, 1.165) is 5.57 Å². The first-order chi connectivity index (χ1) is 22.6. The molecular formula is C34H54O14S. The molecule has 0 unspecified atom stereocenters. The molecule has 18 atom stereocenters. The van der Waals surface area contributed by atoms with Crippen LogP contribution in [0.2, 0.25) is 0 Å². The number of fused-ring (bicyclic) bond motifs is 7. The first kappa shape index (κ1) is 37.5. The SMILES string of the molecule is CC(C)[C@H](C)[C@H](O)[C@@H]1O[C@H]2C[C@H]3[C@@H]4C[C@H](OS(=O)(=O)O)[C@H]5C[C@@H](O[C@@H]6O[C@H](C(=O)O)[C@@H](O)[C@H](O)[C@H]6O)CC[C@]5(C)C4=CC[C@]3(C)[C@H]2[C@@]1(C)O. The number of carbonyl (C=O) groups is 1.